The van der Waals surface area contributed by atoms with E-state index in [0.29, 0.717) is 10.2 Å². The number of aromatic nitrogens is 1. The number of hydrogen-bond donors (Lipinski definition) is 1. The molecule has 2 aromatic rings. The minimum Gasteiger partial charge on any atom is -0.449 e. The Morgan fingerprint density at radius 2 is 2.14 bits per heavy atom. The largest absolute Gasteiger partial charge is 0.449 e. The highest BCUT2D eigenvalue weighted by atomic mass is 79.9. The van der Waals surface area contributed by atoms with E-state index in [9.17, 15) is 10.1 Å². The summed E-state index contributed by atoms with van der Waals surface area (Å²) in [6, 6.07) is 8.32. The summed E-state index contributed by atoms with van der Waals surface area (Å²) in [7, 11) is 1.85. The number of halogens is 1. The number of nitrogens with zero attached hydrogens (tertiary/aromatic N) is 2. The number of nitro benzene ring substituents is 1. The van der Waals surface area contributed by atoms with Gasteiger partial charge in [-0.1, -0.05) is 15.9 Å². The smallest absolute Gasteiger partial charge is 0.312 e. The Bertz CT molecular complexity index is 646. The lowest BCUT2D eigenvalue weighted by Gasteiger charge is -2.10. The molecule has 0 amide bonds. The third-order valence-electron chi connectivity index (χ3n) is 2.98. The summed E-state index contributed by atoms with van der Waals surface area (Å²) < 4.78 is 6.17. The number of benzene rings is 1. The molecule has 0 aliphatic carbocycles. The van der Waals surface area contributed by atoms with Crippen molar-refractivity contribution < 1.29 is 9.66 Å². The van der Waals surface area contributed by atoms with Crippen LogP contribution in [-0.2, 0) is 0 Å². The van der Waals surface area contributed by atoms with Crippen molar-refractivity contribution in [2.24, 2.45) is 0 Å². The van der Waals surface area contributed by atoms with E-state index in [1.54, 1.807) is 24.4 Å². The summed E-state index contributed by atoms with van der Waals surface area (Å²) in [4.78, 5) is 14.8. The standard InChI is InChI=1S/C14H14BrN3O3/c1-9(16-2)12-5-4-11(8-17-12)21-14-6-3-10(15)7-13(14)18(19)20/h3-9,16H,1-2H3. The van der Waals surface area contributed by atoms with Crippen molar-refractivity contribution in [1.82, 2.24) is 10.3 Å². The molecule has 6 nitrogen and oxygen atoms in total. The maximum absolute atomic E-state index is 11.0. The Labute approximate surface area is 130 Å². The highest BCUT2D eigenvalue weighted by Gasteiger charge is 2.16. The Morgan fingerprint density at radius 1 is 1.38 bits per heavy atom. The van der Waals surface area contributed by atoms with Crippen LogP contribution in [0.15, 0.2) is 41.0 Å². The lowest BCUT2D eigenvalue weighted by atomic mass is 10.2. The van der Waals surface area contributed by atoms with E-state index in [4.69, 9.17) is 4.74 Å². The molecular formula is C14H14BrN3O3. The van der Waals surface area contributed by atoms with Gasteiger partial charge in [0.05, 0.1) is 16.8 Å². The lowest BCUT2D eigenvalue weighted by molar-refractivity contribution is -0.385. The SMILES string of the molecule is CNC(C)c1ccc(Oc2ccc(Br)cc2[N+](=O)[O-])cn1. The molecule has 1 aromatic carbocycles. The number of nitrogens with one attached hydrogen (secondary N) is 1. The first-order valence-corrected chi connectivity index (χ1v) is 7.05. The van der Waals surface area contributed by atoms with Gasteiger partial charge in [-0.15, -0.1) is 0 Å². The van der Waals surface area contributed by atoms with Gasteiger partial charge in [-0.3, -0.25) is 15.1 Å². The van der Waals surface area contributed by atoms with E-state index in [1.807, 2.05) is 20.0 Å². The molecule has 1 atom stereocenters. The van der Waals surface area contributed by atoms with Crippen molar-refractivity contribution in [2.45, 2.75) is 13.0 Å². The fraction of sp³-hybridized carbons (Fsp3) is 0.214. The molecule has 1 aromatic heterocycles. The normalized spacial score (nSPS) is 12.0. The summed E-state index contributed by atoms with van der Waals surface area (Å²) in [5, 5.41) is 14.1. The number of pyridine rings is 1. The fourth-order valence-electron chi connectivity index (χ4n) is 1.70. The lowest BCUT2D eigenvalue weighted by Crippen LogP contribution is -2.13. The third-order valence-corrected chi connectivity index (χ3v) is 3.47. The van der Waals surface area contributed by atoms with Crippen LogP contribution >= 0.6 is 15.9 Å². The van der Waals surface area contributed by atoms with Gasteiger partial charge in [0, 0.05) is 16.6 Å². The molecular weight excluding hydrogens is 338 g/mol. The molecule has 0 spiro atoms. The molecule has 1 heterocycles. The topological polar surface area (TPSA) is 77.3 Å². The summed E-state index contributed by atoms with van der Waals surface area (Å²) in [5.41, 5.74) is 0.771. The van der Waals surface area contributed by atoms with Crippen LogP contribution in [0, 0.1) is 10.1 Å². The molecule has 0 fully saturated rings. The van der Waals surface area contributed by atoms with Gasteiger partial charge >= 0.3 is 5.69 Å². The first-order chi connectivity index (χ1) is 10.0. The van der Waals surface area contributed by atoms with Gasteiger partial charge in [-0.25, -0.2) is 0 Å². The number of ether oxygens (including phenoxy) is 1. The van der Waals surface area contributed by atoms with Gasteiger partial charge in [0.25, 0.3) is 0 Å². The second kappa shape index (κ2) is 6.64. The van der Waals surface area contributed by atoms with E-state index < -0.39 is 4.92 Å². The third kappa shape index (κ3) is 3.77. The van der Waals surface area contributed by atoms with Crippen LogP contribution in [0.4, 0.5) is 5.69 Å². The van der Waals surface area contributed by atoms with Crippen molar-refractivity contribution in [3.8, 4) is 11.5 Å². The summed E-state index contributed by atoms with van der Waals surface area (Å²) >= 11 is 3.20. The zero-order valence-corrected chi connectivity index (χ0v) is 13.1. The average Bonchev–Trinajstić information content (AvgIpc) is 2.49. The van der Waals surface area contributed by atoms with Crippen LogP contribution in [0.1, 0.15) is 18.7 Å². The van der Waals surface area contributed by atoms with E-state index in [0.717, 1.165) is 5.69 Å². The Kier molecular flexibility index (Phi) is 4.87. The zero-order valence-electron chi connectivity index (χ0n) is 11.5. The van der Waals surface area contributed by atoms with Crippen molar-refractivity contribution in [1.29, 1.82) is 0 Å². The molecule has 110 valence electrons. The van der Waals surface area contributed by atoms with Crippen LogP contribution in [0.2, 0.25) is 0 Å². The predicted molar refractivity (Wildman–Crippen MR) is 82.6 cm³/mol. The molecule has 1 unspecified atom stereocenters. The Morgan fingerprint density at radius 3 is 2.71 bits per heavy atom. The molecule has 2 rings (SSSR count). The Hall–Kier alpha value is -1.99. The first kappa shape index (κ1) is 15.4. The quantitative estimate of drug-likeness (QED) is 0.654. The van der Waals surface area contributed by atoms with Gasteiger partial charge in [0.15, 0.2) is 0 Å². The van der Waals surface area contributed by atoms with Gasteiger partial charge in [-0.05, 0) is 38.2 Å². The number of rotatable bonds is 5. The average molecular weight is 352 g/mol. The molecule has 0 bridgehead atoms. The molecule has 0 saturated carbocycles. The summed E-state index contributed by atoms with van der Waals surface area (Å²) in [6.07, 6.45) is 1.55. The summed E-state index contributed by atoms with van der Waals surface area (Å²) in [5.74, 6) is 0.631. The van der Waals surface area contributed by atoms with Crippen LogP contribution in [0.3, 0.4) is 0 Å². The number of hydrogen-bond acceptors (Lipinski definition) is 5. The second-order valence-electron chi connectivity index (χ2n) is 4.40. The van der Waals surface area contributed by atoms with Crippen molar-refractivity contribution in [3.05, 3.63) is 56.8 Å². The van der Waals surface area contributed by atoms with Crippen LogP contribution in [0.25, 0.3) is 0 Å². The molecule has 7 heteroatoms. The van der Waals surface area contributed by atoms with E-state index in [1.165, 1.54) is 6.07 Å². The first-order valence-electron chi connectivity index (χ1n) is 6.26. The summed E-state index contributed by atoms with van der Waals surface area (Å²) in [6.45, 7) is 1.99. The zero-order chi connectivity index (χ0) is 15.4. The molecule has 21 heavy (non-hydrogen) atoms. The van der Waals surface area contributed by atoms with Crippen molar-refractivity contribution in [2.75, 3.05) is 7.05 Å². The Balaban J connectivity index is 2.24. The molecule has 0 saturated heterocycles. The second-order valence-corrected chi connectivity index (χ2v) is 5.32. The van der Waals surface area contributed by atoms with E-state index in [2.05, 4.69) is 26.2 Å². The van der Waals surface area contributed by atoms with Crippen LogP contribution < -0.4 is 10.1 Å². The number of nitro groups is 1. The predicted octanol–water partition coefficient (Wildman–Crippen LogP) is 3.83. The minimum absolute atomic E-state index is 0.1000. The fourth-order valence-corrected chi connectivity index (χ4v) is 2.05. The maximum Gasteiger partial charge on any atom is 0.312 e. The van der Waals surface area contributed by atoms with Gasteiger partial charge in [0.1, 0.15) is 5.75 Å². The van der Waals surface area contributed by atoms with Crippen molar-refractivity contribution >= 4 is 21.6 Å². The molecule has 0 aliphatic rings. The highest BCUT2D eigenvalue weighted by Crippen LogP contribution is 2.33. The van der Waals surface area contributed by atoms with Gasteiger partial charge < -0.3 is 10.1 Å². The van der Waals surface area contributed by atoms with E-state index in [-0.39, 0.29) is 17.5 Å². The van der Waals surface area contributed by atoms with Gasteiger partial charge in [-0.2, -0.15) is 0 Å². The molecule has 1 N–H and O–H groups in total. The van der Waals surface area contributed by atoms with Crippen LogP contribution in [0.5, 0.6) is 11.5 Å². The molecule has 0 aliphatic heterocycles. The minimum atomic E-state index is -0.481. The van der Waals surface area contributed by atoms with E-state index >= 15 is 0 Å². The highest BCUT2D eigenvalue weighted by molar-refractivity contribution is 9.10. The van der Waals surface area contributed by atoms with Crippen LogP contribution in [-0.4, -0.2) is 17.0 Å². The monoisotopic (exact) mass is 351 g/mol. The van der Waals surface area contributed by atoms with Gasteiger partial charge in [0.2, 0.25) is 5.75 Å². The van der Waals surface area contributed by atoms with Crippen molar-refractivity contribution in [3.63, 3.8) is 0 Å². The maximum atomic E-state index is 11.0. The molecule has 0 radical (unpaired) electrons.